The lowest BCUT2D eigenvalue weighted by atomic mass is 10.0. The van der Waals surface area contributed by atoms with Gasteiger partial charge in [0.2, 0.25) is 5.95 Å². The molecule has 0 aliphatic rings. The molecule has 0 bridgehead atoms. The number of benzene rings is 6. The van der Waals surface area contributed by atoms with Crippen molar-refractivity contribution < 1.29 is 0 Å². The van der Waals surface area contributed by atoms with Crippen molar-refractivity contribution in [2.45, 2.75) is 0 Å². The lowest BCUT2D eigenvalue weighted by molar-refractivity contribution is 0.871. The number of para-hydroxylation sites is 5. The van der Waals surface area contributed by atoms with Crippen molar-refractivity contribution in [3.8, 4) is 11.6 Å². The number of aryl methyl sites for hydroxylation is 1. The van der Waals surface area contributed by atoms with Gasteiger partial charge in [-0.3, -0.25) is 4.57 Å². The van der Waals surface area contributed by atoms with Crippen LogP contribution in [-0.2, 0) is 7.05 Å². The quantitative estimate of drug-likeness (QED) is 0.227. The average molecular weight is 513 g/mol. The molecule has 4 heteroatoms. The van der Waals surface area contributed by atoms with E-state index in [0.717, 1.165) is 28.2 Å². The molecule has 0 radical (unpaired) electrons. The van der Waals surface area contributed by atoms with Gasteiger partial charge >= 0.3 is 0 Å². The number of imidazole rings is 1. The van der Waals surface area contributed by atoms with Gasteiger partial charge in [0.1, 0.15) is 0 Å². The van der Waals surface area contributed by atoms with Crippen LogP contribution >= 0.6 is 0 Å². The molecular weight excluding hydrogens is 488 g/mol. The normalized spacial score (nSPS) is 12.1. The fourth-order valence-electron chi connectivity index (χ4n) is 6.70. The summed E-state index contributed by atoms with van der Waals surface area (Å²) < 4.78 is 7.02. The maximum absolute atomic E-state index is 5.18. The third-order valence-electron chi connectivity index (χ3n) is 8.43. The van der Waals surface area contributed by atoms with E-state index in [0.29, 0.717) is 0 Å². The maximum Gasteiger partial charge on any atom is 0.215 e. The lowest BCUT2D eigenvalue weighted by Crippen LogP contribution is -2.03. The Morgan fingerprint density at radius 3 is 1.70 bits per heavy atom. The van der Waals surface area contributed by atoms with Crippen LogP contribution in [0.1, 0.15) is 0 Å². The van der Waals surface area contributed by atoms with Crippen LogP contribution < -0.4 is 0 Å². The van der Waals surface area contributed by atoms with Crippen LogP contribution in [0.4, 0.5) is 0 Å². The summed E-state index contributed by atoms with van der Waals surface area (Å²) in [5, 5.41) is 7.41. The summed E-state index contributed by atoms with van der Waals surface area (Å²) in [4.78, 5) is 5.18. The van der Waals surface area contributed by atoms with Crippen LogP contribution in [-0.4, -0.2) is 18.7 Å². The molecule has 0 atom stereocenters. The van der Waals surface area contributed by atoms with Gasteiger partial charge in [0.05, 0.1) is 33.1 Å². The molecule has 188 valence electrons. The van der Waals surface area contributed by atoms with Crippen LogP contribution in [0.2, 0.25) is 0 Å². The van der Waals surface area contributed by atoms with E-state index in [-0.39, 0.29) is 0 Å². The van der Waals surface area contributed by atoms with Gasteiger partial charge in [-0.05, 0) is 41.8 Å². The number of nitrogens with zero attached hydrogens (tertiary/aromatic N) is 4. The summed E-state index contributed by atoms with van der Waals surface area (Å²) in [5.74, 6) is 0.916. The molecule has 0 amide bonds. The predicted molar refractivity (Wildman–Crippen MR) is 167 cm³/mol. The minimum Gasteiger partial charge on any atom is -0.313 e. The Hall–Kier alpha value is -5.35. The summed E-state index contributed by atoms with van der Waals surface area (Å²) in [7, 11) is 2.12. The fraction of sp³-hybridized carbons (Fsp3) is 0.0278. The first-order valence-electron chi connectivity index (χ1n) is 13.6. The SMILES string of the molecule is Cn1c(-n2c3ccccc3c3ccc4ccc5c6ccccc6n(-c6ccccc6)c5c4c32)nc2ccccc21. The summed E-state index contributed by atoms with van der Waals surface area (Å²) in [5.41, 5.74) is 8.04. The van der Waals surface area contributed by atoms with Crippen molar-refractivity contribution in [3.63, 3.8) is 0 Å². The maximum atomic E-state index is 5.18. The summed E-state index contributed by atoms with van der Waals surface area (Å²) in [6.07, 6.45) is 0. The van der Waals surface area contributed by atoms with E-state index in [1.807, 2.05) is 0 Å². The topological polar surface area (TPSA) is 27.7 Å². The number of hydrogen-bond acceptors (Lipinski definition) is 1. The molecule has 0 N–H and O–H groups in total. The van der Waals surface area contributed by atoms with Crippen molar-refractivity contribution in [1.29, 1.82) is 0 Å². The summed E-state index contributed by atoms with van der Waals surface area (Å²) in [6, 6.07) is 45.6. The Morgan fingerprint density at radius 2 is 1.02 bits per heavy atom. The summed E-state index contributed by atoms with van der Waals surface area (Å²) in [6.45, 7) is 0. The van der Waals surface area contributed by atoms with Crippen molar-refractivity contribution in [2.75, 3.05) is 0 Å². The van der Waals surface area contributed by atoms with Gasteiger partial charge in [-0.15, -0.1) is 0 Å². The highest BCUT2D eigenvalue weighted by molar-refractivity contribution is 6.28. The van der Waals surface area contributed by atoms with Gasteiger partial charge < -0.3 is 9.13 Å². The first-order valence-corrected chi connectivity index (χ1v) is 13.6. The molecule has 0 saturated heterocycles. The van der Waals surface area contributed by atoms with Crippen molar-refractivity contribution >= 4 is 65.4 Å². The van der Waals surface area contributed by atoms with Gasteiger partial charge in [-0.1, -0.05) is 91.0 Å². The van der Waals surface area contributed by atoms with Crippen LogP contribution in [0.3, 0.4) is 0 Å². The molecule has 40 heavy (non-hydrogen) atoms. The summed E-state index contributed by atoms with van der Waals surface area (Å²) >= 11 is 0. The molecule has 9 aromatic rings. The minimum absolute atomic E-state index is 0.916. The molecule has 0 unspecified atom stereocenters. The molecule has 9 rings (SSSR count). The largest absolute Gasteiger partial charge is 0.313 e. The Balaban J connectivity index is 1.59. The highest BCUT2D eigenvalue weighted by Crippen LogP contribution is 2.43. The average Bonchev–Trinajstić information content (AvgIpc) is 3.65. The third-order valence-corrected chi connectivity index (χ3v) is 8.43. The Kier molecular flexibility index (Phi) is 4.23. The van der Waals surface area contributed by atoms with Gasteiger partial charge in [0.15, 0.2) is 0 Å². The van der Waals surface area contributed by atoms with Crippen LogP contribution in [0, 0.1) is 0 Å². The molecule has 6 aromatic carbocycles. The standard InChI is InChI=1S/C36H24N4/c1-38-32-18-10-7-15-29(32)37-36(38)40-31-17-9-6-14-26(31)28-22-20-23-19-21-27-25-13-5-8-16-30(25)39(24-11-3-2-4-12-24)34(27)33(23)35(28)40/h2-22H,1H3. The minimum atomic E-state index is 0.916. The number of rotatable bonds is 2. The van der Waals surface area contributed by atoms with Crippen LogP contribution in [0.5, 0.6) is 0 Å². The molecule has 0 spiro atoms. The second-order valence-electron chi connectivity index (χ2n) is 10.5. The van der Waals surface area contributed by atoms with E-state index in [2.05, 4.69) is 148 Å². The van der Waals surface area contributed by atoms with Gasteiger partial charge in [-0.2, -0.15) is 0 Å². The molecule has 3 heterocycles. The van der Waals surface area contributed by atoms with E-state index in [1.54, 1.807) is 0 Å². The van der Waals surface area contributed by atoms with Gasteiger partial charge in [-0.25, -0.2) is 4.98 Å². The van der Waals surface area contributed by atoms with Crippen LogP contribution in [0.25, 0.3) is 77.1 Å². The zero-order valence-corrected chi connectivity index (χ0v) is 21.9. The highest BCUT2D eigenvalue weighted by Gasteiger charge is 2.22. The molecule has 4 nitrogen and oxygen atoms in total. The van der Waals surface area contributed by atoms with E-state index in [4.69, 9.17) is 4.98 Å². The second kappa shape index (κ2) is 7.84. The Morgan fingerprint density at radius 1 is 0.475 bits per heavy atom. The Bertz CT molecular complexity index is 2430. The van der Waals surface area contributed by atoms with Gasteiger partial charge in [0, 0.05) is 39.7 Å². The number of hydrogen-bond donors (Lipinski definition) is 0. The molecule has 0 fully saturated rings. The van der Waals surface area contributed by atoms with E-state index >= 15 is 0 Å². The lowest BCUT2D eigenvalue weighted by Gasteiger charge is -2.13. The molecular formula is C36H24N4. The predicted octanol–water partition coefficient (Wildman–Crippen LogP) is 8.92. The molecule has 0 aliphatic carbocycles. The molecule has 0 aliphatic heterocycles. The number of aromatic nitrogens is 4. The van der Waals surface area contributed by atoms with Crippen molar-refractivity contribution in [1.82, 2.24) is 18.7 Å². The smallest absolute Gasteiger partial charge is 0.215 e. The second-order valence-corrected chi connectivity index (χ2v) is 10.5. The molecule has 3 aromatic heterocycles. The first-order chi connectivity index (χ1) is 19.8. The van der Waals surface area contributed by atoms with Crippen molar-refractivity contribution in [2.24, 2.45) is 7.05 Å². The first kappa shape index (κ1) is 21.6. The Labute approximate surface area is 229 Å². The fourth-order valence-corrected chi connectivity index (χ4v) is 6.70. The van der Waals surface area contributed by atoms with E-state index < -0.39 is 0 Å². The number of fused-ring (bicyclic) bond motifs is 10. The highest BCUT2D eigenvalue weighted by atomic mass is 15.2. The van der Waals surface area contributed by atoms with E-state index in [1.165, 1.54) is 48.9 Å². The van der Waals surface area contributed by atoms with Crippen molar-refractivity contribution in [3.05, 3.63) is 127 Å². The monoisotopic (exact) mass is 512 g/mol. The third kappa shape index (κ3) is 2.72. The van der Waals surface area contributed by atoms with E-state index in [9.17, 15) is 0 Å². The zero-order chi connectivity index (χ0) is 26.4. The zero-order valence-electron chi connectivity index (χ0n) is 21.9. The van der Waals surface area contributed by atoms with Crippen LogP contribution in [0.15, 0.2) is 127 Å². The van der Waals surface area contributed by atoms with Gasteiger partial charge in [0.25, 0.3) is 0 Å². The molecule has 0 saturated carbocycles.